The van der Waals surface area contributed by atoms with Gasteiger partial charge in [0.1, 0.15) is 12.6 Å². The van der Waals surface area contributed by atoms with Crippen molar-refractivity contribution in [1.29, 1.82) is 0 Å². The Morgan fingerprint density at radius 2 is 1.50 bits per heavy atom. The van der Waals surface area contributed by atoms with Crippen LogP contribution in [-0.4, -0.2) is 50.0 Å². The smallest absolute Gasteiger partial charge is 0.244 e. The van der Waals surface area contributed by atoms with E-state index in [1.54, 1.807) is 24.3 Å². The fraction of sp³-hybridized carbons (Fsp3) is 0.429. The third kappa shape index (κ3) is 9.32. The molecule has 0 spiro atoms. The molecule has 1 unspecified atom stereocenters. The maximum atomic E-state index is 14.3. The topological polar surface area (TPSA) is 86.8 Å². The monoisotopic (exact) mass is 637 g/mol. The number of amides is 2. The molecule has 0 saturated heterocycles. The minimum absolute atomic E-state index is 0.0517. The molecular formula is C35H44ClN3O4S. The van der Waals surface area contributed by atoms with Crippen LogP contribution in [0.4, 0.5) is 5.69 Å². The SMILES string of the molecule is CC(C)(C)c1ccc(N(CC(=O)N(Cc2ccc(Cl)cc2)C(Cc2ccccc2)C(=O)NC2CCCCC2)S(C)(=O)=O)cc1. The van der Waals surface area contributed by atoms with Gasteiger partial charge in [-0.05, 0) is 59.2 Å². The lowest BCUT2D eigenvalue weighted by Gasteiger charge is -2.35. The van der Waals surface area contributed by atoms with Gasteiger partial charge in [-0.25, -0.2) is 8.42 Å². The van der Waals surface area contributed by atoms with E-state index in [9.17, 15) is 18.0 Å². The van der Waals surface area contributed by atoms with Gasteiger partial charge in [0, 0.05) is 24.0 Å². The first kappa shape index (κ1) is 33.5. The van der Waals surface area contributed by atoms with E-state index in [-0.39, 0.29) is 30.3 Å². The molecule has 1 fully saturated rings. The second-order valence-electron chi connectivity index (χ2n) is 12.8. The lowest BCUT2D eigenvalue weighted by Crippen LogP contribution is -2.55. The van der Waals surface area contributed by atoms with Crippen molar-refractivity contribution >= 4 is 39.1 Å². The number of rotatable bonds is 11. The molecule has 0 heterocycles. The Morgan fingerprint density at radius 1 is 0.886 bits per heavy atom. The first-order valence-electron chi connectivity index (χ1n) is 15.3. The summed E-state index contributed by atoms with van der Waals surface area (Å²) in [4.78, 5) is 29.9. The summed E-state index contributed by atoms with van der Waals surface area (Å²) in [6, 6.07) is 23.2. The largest absolute Gasteiger partial charge is 0.352 e. The first-order valence-corrected chi connectivity index (χ1v) is 17.5. The predicted octanol–water partition coefficient (Wildman–Crippen LogP) is 6.49. The predicted molar refractivity (Wildman–Crippen MR) is 178 cm³/mol. The van der Waals surface area contributed by atoms with Gasteiger partial charge in [0.15, 0.2) is 0 Å². The average Bonchev–Trinajstić information content (AvgIpc) is 2.98. The summed E-state index contributed by atoms with van der Waals surface area (Å²) in [6.07, 6.45) is 6.45. The van der Waals surface area contributed by atoms with Gasteiger partial charge in [-0.15, -0.1) is 0 Å². The van der Waals surface area contributed by atoms with Gasteiger partial charge >= 0.3 is 0 Å². The molecule has 0 radical (unpaired) electrons. The van der Waals surface area contributed by atoms with Gasteiger partial charge in [0.25, 0.3) is 0 Å². The van der Waals surface area contributed by atoms with E-state index in [2.05, 4.69) is 26.1 Å². The Kier molecular flexibility index (Phi) is 11.1. The molecule has 7 nitrogen and oxygen atoms in total. The molecule has 2 amide bonds. The zero-order chi connectivity index (χ0) is 31.9. The van der Waals surface area contributed by atoms with E-state index in [1.165, 1.54) is 4.90 Å². The molecule has 1 N–H and O–H groups in total. The normalized spacial score (nSPS) is 14.9. The number of benzene rings is 3. The lowest BCUT2D eigenvalue weighted by molar-refractivity contribution is -0.140. The molecule has 1 saturated carbocycles. The molecule has 3 aromatic carbocycles. The molecule has 44 heavy (non-hydrogen) atoms. The highest BCUT2D eigenvalue weighted by molar-refractivity contribution is 7.92. The Bertz CT molecular complexity index is 1500. The van der Waals surface area contributed by atoms with Crippen LogP contribution in [0.5, 0.6) is 0 Å². The number of hydrogen-bond donors (Lipinski definition) is 1. The number of halogens is 1. The summed E-state index contributed by atoms with van der Waals surface area (Å²) in [5, 5.41) is 3.78. The fourth-order valence-corrected chi connectivity index (χ4v) is 6.60. The highest BCUT2D eigenvalue weighted by Gasteiger charge is 2.34. The molecule has 1 atom stereocenters. The number of nitrogens with one attached hydrogen (secondary N) is 1. The van der Waals surface area contributed by atoms with E-state index in [1.807, 2.05) is 54.6 Å². The van der Waals surface area contributed by atoms with Crippen LogP contribution in [0, 0.1) is 0 Å². The summed E-state index contributed by atoms with van der Waals surface area (Å²) in [7, 11) is -3.83. The number of sulfonamides is 1. The van der Waals surface area contributed by atoms with Crippen LogP contribution in [0.15, 0.2) is 78.9 Å². The summed E-state index contributed by atoms with van der Waals surface area (Å²) >= 11 is 6.15. The van der Waals surface area contributed by atoms with Crippen LogP contribution in [0.25, 0.3) is 0 Å². The molecule has 1 aliphatic rings. The first-order chi connectivity index (χ1) is 20.8. The van der Waals surface area contributed by atoms with Crippen molar-refractivity contribution < 1.29 is 18.0 Å². The van der Waals surface area contributed by atoms with Gasteiger partial charge in [-0.2, -0.15) is 0 Å². The van der Waals surface area contributed by atoms with E-state index in [0.717, 1.165) is 59.4 Å². The fourth-order valence-electron chi connectivity index (χ4n) is 5.63. The standard InChI is InChI=1S/C35H44ClN3O4S/c1-35(2,3)28-17-21-31(22-18-28)39(44(4,42)43)25-33(40)38(24-27-15-19-29(36)20-16-27)32(23-26-11-7-5-8-12-26)34(41)37-30-13-9-6-10-14-30/h5,7-8,11-12,15-22,30,32H,6,9-10,13-14,23-25H2,1-4H3,(H,37,41). The Morgan fingerprint density at radius 3 is 2.07 bits per heavy atom. The van der Waals surface area contributed by atoms with Crippen molar-refractivity contribution in [3.8, 4) is 0 Å². The summed E-state index contributed by atoms with van der Waals surface area (Å²) < 4.78 is 27.3. The van der Waals surface area contributed by atoms with Crippen LogP contribution in [0.1, 0.15) is 69.6 Å². The van der Waals surface area contributed by atoms with E-state index < -0.39 is 28.5 Å². The summed E-state index contributed by atoms with van der Waals surface area (Å²) in [6.45, 7) is 5.93. The highest BCUT2D eigenvalue weighted by Crippen LogP contribution is 2.27. The van der Waals surface area contributed by atoms with Crippen molar-refractivity contribution in [3.05, 3.63) is 101 Å². The molecule has 3 aromatic rings. The van der Waals surface area contributed by atoms with Gasteiger partial charge < -0.3 is 10.2 Å². The summed E-state index contributed by atoms with van der Waals surface area (Å²) in [5.41, 5.74) is 3.02. The van der Waals surface area contributed by atoms with Gasteiger partial charge in [-0.3, -0.25) is 13.9 Å². The van der Waals surface area contributed by atoms with Crippen LogP contribution in [0.2, 0.25) is 5.02 Å². The second-order valence-corrected chi connectivity index (χ2v) is 15.1. The van der Waals surface area contributed by atoms with Crippen LogP contribution < -0.4 is 9.62 Å². The van der Waals surface area contributed by atoms with E-state index >= 15 is 0 Å². The molecule has 236 valence electrons. The summed E-state index contributed by atoms with van der Waals surface area (Å²) in [5.74, 6) is -0.700. The van der Waals surface area contributed by atoms with Gasteiger partial charge in [0.05, 0.1) is 11.9 Å². The third-order valence-electron chi connectivity index (χ3n) is 8.19. The van der Waals surface area contributed by atoms with E-state index in [0.29, 0.717) is 10.7 Å². The minimum Gasteiger partial charge on any atom is -0.352 e. The maximum Gasteiger partial charge on any atom is 0.244 e. The van der Waals surface area contributed by atoms with Crippen LogP contribution in [-0.2, 0) is 38.0 Å². The number of carbonyl (C=O) groups is 2. The molecule has 0 aromatic heterocycles. The quantitative estimate of drug-likeness (QED) is 0.260. The zero-order valence-electron chi connectivity index (χ0n) is 26.1. The minimum atomic E-state index is -3.83. The van der Waals surface area contributed by atoms with Gasteiger partial charge in [0.2, 0.25) is 21.8 Å². The Hall–Kier alpha value is -3.36. The second kappa shape index (κ2) is 14.6. The molecule has 4 rings (SSSR count). The van der Waals surface area contributed by atoms with Crippen molar-refractivity contribution in [1.82, 2.24) is 10.2 Å². The number of hydrogen-bond acceptors (Lipinski definition) is 4. The van der Waals surface area contributed by atoms with Crippen molar-refractivity contribution in [2.45, 2.75) is 83.3 Å². The molecule has 1 aliphatic carbocycles. The Labute approximate surface area is 267 Å². The average molecular weight is 638 g/mol. The Balaban J connectivity index is 1.71. The van der Waals surface area contributed by atoms with Gasteiger partial charge in [-0.1, -0.05) is 106 Å². The number of nitrogens with zero attached hydrogens (tertiary/aromatic N) is 2. The van der Waals surface area contributed by atoms with Crippen molar-refractivity contribution in [2.24, 2.45) is 0 Å². The highest BCUT2D eigenvalue weighted by atomic mass is 35.5. The molecule has 9 heteroatoms. The number of carbonyl (C=O) groups excluding carboxylic acids is 2. The molecule has 0 bridgehead atoms. The molecule has 0 aliphatic heterocycles. The number of anilines is 1. The zero-order valence-corrected chi connectivity index (χ0v) is 27.7. The lowest BCUT2D eigenvalue weighted by atomic mass is 9.87. The third-order valence-corrected chi connectivity index (χ3v) is 9.58. The van der Waals surface area contributed by atoms with Crippen LogP contribution >= 0.6 is 11.6 Å². The van der Waals surface area contributed by atoms with Crippen LogP contribution in [0.3, 0.4) is 0 Å². The maximum absolute atomic E-state index is 14.3. The van der Waals surface area contributed by atoms with E-state index in [4.69, 9.17) is 11.6 Å². The molecular weight excluding hydrogens is 594 g/mol. The van der Waals surface area contributed by atoms with Crippen molar-refractivity contribution in [3.63, 3.8) is 0 Å². The van der Waals surface area contributed by atoms with Crippen molar-refractivity contribution in [2.75, 3.05) is 17.1 Å².